The van der Waals surface area contributed by atoms with Gasteiger partial charge in [0.1, 0.15) is 17.6 Å². The quantitative estimate of drug-likeness (QED) is 0.940. The number of benzene rings is 1. The highest BCUT2D eigenvalue weighted by atomic mass is 16.5. The second-order valence-corrected chi connectivity index (χ2v) is 5.27. The molecular formula is C16H20N2O3. The number of nitrogens with zero attached hydrogens (tertiary/aromatic N) is 2. The number of hydrogen-bond acceptors (Lipinski definition) is 4. The van der Waals surface area contributed by atoms with Crippen LogP contribution < -0.4 is 9.47 Å². The summed E-state index contributed by atoms with van der Waals surface area (Å²) in [7, 11) is 1.61. The van der Waals surface area contributed by atoms with Crippen molar-refractivity contribution in [3.63, 3.8) is 0 Å². The van der Waals surface area contributed by atoms with Gasteiger partial charge in [-0.15, -0.1) is 0 Å². The highest BCUT2D eigenvalue weighted by molar-refractivity contribution is 5.43. The molecule has 0 amide bonds. The van der Waals surface area contributed by atoms with Crippen molar-refractivity contribution in [3.05, 3.63) is 42.0 Å². The van der Waals surface area contributed by atoms with Crippen LogP contribution in [0.1, 0.15) is 43.2 Å². The Morgan fingerprint density at radius 3 is 3.10 bits per heavy atom. The molecule has 2 aromatic rings. The lowest BCUT2D eigenvalue weighted by Crippen LogP contribution is -2.21. The number of imidazole rings is 1. The molecule has 0 saturated heterocycles. The number of aryl methyl sites for hydroxylation is 1. The van der Waals surface area contributed by atoms with Gasteiger partial charge in [0, 0.05) is 18.5 Å². The second-order valence-electron chi connectivity index (χ2n) is 5.27. The van der Waals surface area contributed by atoms with Crippen molar-refractivity contribution in [1.82, 2.24) is 9.55 Å². The zero-order valence-electron chi connectivity index (χ0n) is 12.3. The number of ether oxygens (including phenoxy) is 2. The van der Waals surface area contributed by atoms with Crippen molar-refractivity contribution >= 4 is 0 Å². The van der Waals surface area contributed by atoms with E-state index in [-0.39, 0.29) is 6.10 Å². The van der Waals surface area contributed by atoms with E-state index in [1.54, 1.807) is 7.11 Å². The maximum absolute atomic E-state index is 10.4. The highest BCUT2D eigenvalue weighted by Crippen LogP contribution is 2.42. The summed E-state index contributed by atoms with van der Waals surface area (Å²) in [6.07, 6.45) is 4.47. The molecule has 5 heteroatoms. The van der Waals surface area contributed by atoms with E-state index in [0.29, 0.717) is 12.2 Å². The third kappa shape index (κ3) is 2.61. The summed E-state index contributed by atoms with van der Waals surface area (Å²) in [5.41, 5.74) is 1.80. The van der Waals surface area contributed by atoms with Gasteiger partial charge in [0.25, 0.3) is 0 Å². The van der Waals surface area contributed by atoms with Gasteiger partial charge in [0.15, 0.2) is 0 Å². The molecule has 1 unspecified atom stereocenters. The molecule has 21 heavy (non-hydrogen) atoms. The number of aliphatic hydroxyl groups is 1. The Hall–Kier alpha value is -2.01. The fourth-order valence-electron chi connectivity index (χ4n) is 2.76. The summed E-state index contributed by atoms with van der Waals surface area (Å²) in [5.74, 6) is 1.44. The molecule has 1 aromatic heterocycles. The van der Waals surface area contributed by atoms with Crippen LogP contribution in [-0.2, 0) is 6.54 Å². The van der Waals surface area contributed by atoms with Crippen molar-refractivity contribution in [3.8, 4) is 11.5 Å². The van der Waals surface area contributed by atoms with E-state index in [0.717, 1.165) is 30.0 Å². The normalized spacial score (nSPS) is 20.7. The lowest BCUT2D eigenvalue weighted by molar-refractivity contribution is 0.0615. The number of rotatable bonds is 4. The molecule has 112 valence electrons. The van der Waals surface area contributed by atoms with Gasteiger partial charge in [-0.05, 0) is 24.6 Å². The first-order valence-corrected chi connectivity index (χ1v) is 7.25. The minimum Gasteiger partial charge on any atom is -0.497 e. The van der Waals surface area contributed by atoms with Crippen LogP contribution in [0.4, 0.5) is 0 Å². The first kappa shape index (κ1) is 13.9. The van der Waals surface area contributed by atoms with Crippen LogP contribution in [0.3, 0.4) is 0 Å². The molecule has 0 aliphatic carbocycles. The van der Waals surface area contributed by atoms with Gasteiger partial charge in [-0.25, -0.2) is 4.98 Å². The standard InChI is InChI=1S/C16H20N2O3/c1-3-6-18-10-17-9-13(18)16-8-14(19)12-7-11(20-2)4-5-15(12)21-16/h4-5,7,9-10,14,16,19H,3,6,8H2,1-2H3/t14-,16?/m1/s1. The Balaban J connectivity index is 1.89. The zero-order chi connectivity index (χ0) is 14.8. The van der Waals surface area contributed by atoms with Gasteiger partial charge < -0.3 is 19.1 Å². The minimum atomic E-state index is -0.557. The average Bonchev–Trinajstić information content (AvgIpc) is 2.95. The monoisotopic (exact) mass is 288 g/mol. The van der Waals surface area contributed by atoms with Crippen molar-refractivity contribution < 1.29 is 14.6 Å². The molecule has 2 heterocycles. The van der Waals surface area contributed by atoms with Crippen LogP contribution >= 0.6 is 0 Å². The Bertz CT molecular complexity index is 624. The molecule has 0 fully saturated rings. The van der Waals surface area contributed by atoms with E-state index in [2.05, 4.69) is 16.5 Å². The summed E-state index contributed by atoms with van der Waals surface area (Å²) in [6, 6.07) is 5.53. The zero-order valence-corrected chi connectivity index (χ0v) is 12.3. The van der Waals surface area contributed by atoms with Crippen LogP contribution in [-0.4, -0.2) is 21.8 Å². The Morgan fingerprint density at radius 2 is 2.33 bits per heavy atom. The largest absolute Gasteiger partial charge is 0.497 e. The molecule has 0 spiro atoms. The second kappa shape index (κ2) is 5.77. The van der Waals surface area contributed by atoms with Gasteiger partial charge in [-0.2, -0.15) is 0 Å². The van der Waals surface area contributed by atoms with E-state index in [1.165, 1.54) is 0 Å². The third-order valence-electron chi connectivity index (χ3n) is 3.82. The van der Waals surface area contributed by atoms with Crippen molar-refractivity contribution in [2.24, 2.45) is 0 Å². The van der Waals surface area contributed by atoms with Gasteiger partial charge >= 0.3 is 0 Å². The Labute approximate surface area is 124 Å². The molecular weight excluding hydrogens is 268 g/mol. The maximum atomic E-state index is 10.4. The number of methoxy groups -OCH3 is 1. The third-order valence-corrected chi connectivity index (χ3v) is 3.82. The first-order valence-electron chi connectivity index (χ1n) is 7.25. The van der Waals surface area contributed by atoms with E-state index in [9.17, 15) is 5.11 Å². The molecule has 5 nitrogen and oxygen atoms in total. The predicted octanol–water partition coefficient (Wildman–Crippen LogP) is 2.86. The Morgan fingerprint density at radius 1 is 1.48 bits per heavy atom. The van der Waals surface area contributed by atoms with E-state index < -0.39 is 6.10 Å². The molecule has 0 saturated carbocycles. The molecule has 3 rings (SSSR count). The smallest absolute Gasteiger partial charge is 0.143 e. The van der Waals surface area contributed by atoms with Crippen LogP contribution in [0.5, 0.6) is 11.5 Å². The van der Waals surface area contributed by atoms with Crippen molar-refractivity contribution in [2.75, 3.05) is 7.11 Å². The number of fused-ring (bicyclic) bond motifs is 1. The van der Waals surface area contributed by atoms with Crippen LogP contribution in [0.15, 0.2) is 30.7 Å². The summed E-state index contributed by atoms with van der Waals surface area (Å²) in [4.78, 5) is 4.21. The minimum absolute atomic E-state index is 0.171. The first-order chi connectivity index (χ1) is 10.2. The van der Waals surface area contributed by atoms with Crippen LogP contribution in [0, 0.1) is 0 Å². The molecule has 1 aromatic carbocycles. The molecule has 0 radical (unpaired) electrons. The Kier molecular flexibility index (Phi) is 3.84. The fraction of sp³-hybridized carbons (Fsp3) is 0.438. The molecule has 1 aliphatic heterocycles. The van der Waals surface area contributed by atoms with Gasteiger partial charge in [0.2, 0.25) is 0 Å². The number of aliphatic hydroxyl groups excluding tert-OH is 1. The summed E-state index contributed by atoms with van der Waals surface area (Å²) in [5, 5.41) is 10.4. The lowest BCUT2D eigenvalue weighted by Gasteiger charge is -2.30. The molecule has 1 aliphatic rings. The summed E-state index contributed by atoms with van der Waals surface area (Å²) < 4.78 is 13.3. The molecule has 0 bridgehead atoms. The molecule has 2 atom stereocenters. The predicted molar refractivity (Wildman–Crippen MR) is 78.5 cm³/mol. The number of aromatic nitrogens is 2. The van der Waals surface area contributed by atoms with Crippen LogP contribution in [0.2, 0.25) is 0 Å². The average molecular weight is 288 g/mol. The van der Waals surface area contributed by atoms with Crippen molar-refractivity contribution in [2.45, 2.75) is 38.5 Å². The van der Waals surface area contributed by atoms with E-state index in [1.807, 2.05) is 30.7 Å². The van der Waals surface area contributed by atoms with Gasteiger partial charge in [0.05, 0.1) is 31.4 Å². The van der Waals surface area contributed by atoms with Gasteiger partial charge in [-0.3, -0.25) is 0 Å². The van der Waals surface area contributed by atoms with Crippen molar-refractivity contribution in [1.29, 1.82) is 0 Å². The van der Waals surface area contributed by atoms with Crippen LogP contribution in [0.25, 0.3) is 0 Å². The SMILES string of the molecule is CCCn1cncc1C1C[C@@H](O)c2cc(OC)ccc2O1. The van der Waals surface area contributed by atoms with Gasteiger partial charge in [-0.1, -0.05) is 6.92 Å². The maximum Gasteiger partial charge on any atom is 0.143 e. The van der Waals surface area contributed by atoms with E-state index >= 15 is 0 Å². The molecule has 1 N–H and O–H groups in total. The fourth-order valence-corrected chi connectivity index (χ4v) is 2.76. The lowest BCUT2D eigenvalue weighted by atomic mass is 9.97. The number of hydrogen-bond donors (Lipinski definition) is 1. The van der Waals surface area contributed by atoms with E-state index in [4.69, 9.17) is 9.47 Å². The topological polar surface area (TPSA) is 56.5 Å². The summed E-state index contributed by atoms with van der Waals surface area (Å²) >= 11 is 0. The summed E-state index contributed by atoms with van der Waals surface area (Å²) in [6.45, 7) is 3.03. The highest BCUT2D eigenvalue weighted by Gasteiger charge is 2.30.